The molecule has 0 unspecified atom stereocenters. The van der Waals surface area contributed by atoms with Crippen molar-refractivity contribution < 1.29 is 19.9 Å². The van der Waals surface area contributed by atoms with E-state index >= 15 is 0 Å². The molecular weight excluding hydrogens is 200 g/mol. The molecule has 0 aliphatic heterocycles. The minimum atomic E-state index is -0.107. The van der Waals surface area contributed by atoms with Crippen LogP contribution >= 0.6 is 0 Å². The molecule has 0 aliphatic rings. The molecule has 1 aromatic heterocycles. The second-order valence-corrected chi connectivity index (χ2v) is 2.58. The molecule has 0 bridgehead atoms. The number of anilines is 1. The van der Waals surface area contributed by atoms with Crippen molar-refractivity contribution in [1.29, 1.82) is 0 Å². The molecule has 0 saturated heterocycles. The number of pyridine rings is 1. The lowest BCUT2D eigenvalue weighted by atomic mass is 10.4. The third-order valence-electron chi connectivity index (χ3n) is 1.47. The third kappa shape index (κ3) is 4.22. The van der Waals surface area contributed by atoms with E-state index in [0.29, 0.717) is 5.69 Å². The summed E-state index contributed by atoms with van der Waals surface area (Å²) in [5.74, 6) is 0. The van der Waals surface area contributed by atoms with Gasteiger partial charge in [0, 0.05) is 12.4 Å². The molecule has 6 nitrogen and oxygen atoms in total. The highest BCUT2D eigenvalue weighted by molar-refractivity contribution is 5.38. The Morgan fingerprint density at radius 3 is 2.07 bits per heavy atom. The van der Waals surface area contributed by atoms with E-state index in [1.54, 1.807) is 24.5 Å². The topological polar surface area (TPSA) is 75.1 Å². The predicted octanol–water partition coefficient (Wildman–Crippen LogP) is -0.264. The lowest BCUT2D eigenvalue weighted by Gasteiger charge is -2.21. The average Bonchev–Trinajstić information content (AvgIpc) is 2.30. The van der Waals surface area contributed by atoms with Crippen molar-refractivity contribution in [3.8, 4) is 0 Å². The van der Waals surface area contributed by atoms with Crippen LogP contribution in [0.15, 0.2) is 24.5 Å². The van der Waals surface area contributed by atoms with E-state index < -0.39 is 0 Å². The van der Waals surface area contributed by atoms with Crippen molar-refractivity contribution >= 4 is 5.69 Å². The Hall–Kier alpha value is -1.21. The van der Waals surface area contributed by atoms with Gasteiger partial charge in [0.1, 0.15) is 13.2 Å². The fraction of sp³-hybridized carbons (Fsp3) is 0.444. The zero-order valence-electron chi connectivity index (χ0n) is 8.24. The van der Waals surface area contributed by atoms with Crippen LogP contribution in [0, 0.1) is 0 Å². The van der Waals surface area contributed by atoms with E-state index in [-0.39, 0.29) is 26.4 Å². The van der Waals surface area contributed by atoms with Crippen molar-refractivity contribution in [2.24, 2.45) is 0 Å². The Morgan fingerprint density at radius 2 is 1.60 bits per heavy atom. The van der Waals surface area contributed by atoms with E-state index in [9.17, 15) is 0 Å². The predicted molar refractivity (Wildman–Crippen MR) is 52.8 cm³/mol. The Labute approximate surface area is 87.6 Å². The van der Waals surface area contributed by atoms with Gasteiger partial charge in [0.05, 0.1) is 18.9 Å². The molecule has 0 aliphatic carbocycles. The number of aliphatic hydroxyl groups is 2. The molecule has 0 fully saturated rings. The number of aliphatic hydroxyl groups excluding tert-OH is 2. The van der Waals surface area contributed by atoms with Crippen LogP contribution in [0.1, 0.15) is 0 Å². The third-order valence-corrected chi connectivity index (χ3v) is 1.47. The summed E-state index contributed by atoms with van der Waals surface area (Å²) in [6.07, 6.45) is 3.18. The minimum Gasteiger partial charge on any atom is -0.394 e. The van der Waals surface area contributed by atoms with E-state index in [1.807, 2.05) is 0 Å². The molecule has 1 heterocycles. The average molecular weight is 214 g/mol. The Bertz CT molecular complexity index is 250. The highest BCUT2D eigenvalue weighted by Crippen LogP contribution is 2.12. The molecule has 0 spiro atoms. The first-order chi connectivity index (χ1) is 7.38. The van der Waals surface area contributed by atoms with Gasteiger partial charge in [0.2, 0.25) is 0 Å². The Morgan fingerprint density at radius 1 is 1.07 bits per heavy atom. The lowest BCUT2D eigenvalue weighted by molar-refractivity contribution is -0.103. The molecule has 2 N–H and O–H groups in total. The van der Waals surface area contributed by atoms with Gasteiger partial charge in [-0.15, -0.1) is 5.23 Å². The normalized spacial score (nSPS) is 10.3. The fourth-order valence-corrected chi connectivity index (χ4v) is 0.900. The van der Waals surface area contributed by atoms with Crippen molar-refractivity contribution in [2.75, 3.05) is 31.7 Å². The summed E-state index contributed by atoms with van der Waals surface area (Å²) in [6.45, 7) is 0.0235. The zero-order valence-corrected chi connectivity index (χ0v) is 8.24. The maximum Gasteiger partial charge on any atom is 0.101 e. The van der Waals surface area contributed by atoms with E-state index in [2.05, 4.69) is 4.98 Å². The quantitative estimate of drug-likeness (QED) is 0.609. The SMILES string of the molecule is OCCON(OCCO)c1ccncc1. The maximum absolute atomic E-state index is 8.62. The summed E-state index contributed by atoms with van der Waals surface area (Å²) in [5.41, 5.74) is 0.645. The van der Waals surface area contributed by atoms with Gasteiger partial charge in [-0.05, 0) is 12.1 Å². The van der Waals surface area contributed by atoms with E-state index in [0.717, 1.165) is 5.23 Å². The number of nitrogens with zero attached hydrogens (tertiary/aromatic N) is 2. The summed E-state index contributed by atoms with van der Waals surface area (Å²) in [5, 5.41) is 18.4. The molecule has 0 aromatic carbocycles. The zero-order chi connectivity index (χ0) is 10.9. The van der Waals surface area contributed by atoms with Gasteiger partial charge < -0.3 is 10.2 Å². The number of hydrogen-bond acceptors (Lipinski definition) is 6. The summed E-state index contributed by atoms with van der Waals surface area (Å²) in [7, 11) is 0. The van der Waals surface area contributed by atoms with Crippen molar-refractivity contribution in [1.82, 2.24) is 4.98 Å². The second kappa shape index (κ2) is 7.13. The first-order valence-electron chi connectivity index (χ1n) is 4.56. The first-order valence-corrected chi connectivity index (χ1v) is 4.56. The molecule has 0 atom stereocenters. The largest absolute Gasteiger partial charge is 0.394 e. The van der Waals surface area contributed by atoms with Crippen LogP contribution in [0.5, 0.6) is 0 Å². The van der Waals surface area contributed by atoms with Gasteiger partial charge in [-0.25, -0.2) is 9.68 Å². The van der Waals surface area contributed by atoms with Crippen molar-refractivity contribution in [3.05, 3.63) is 24.5 Å². The van der Waals surface area contributed by atoms with Crippen molar-refractivity contribution in [2.45, 2.75) is 0 Å². The van der Waals surface area contributed by atoms with Crippen LogP contribution in [0.3, 0.4) is 0 Å². The Balaban J connectivity index is 2.55. The van der Waals surface area contributed by atoms with Crippen molar-refractivity contribution in [3.63, 3.8) is 0 Å². The highest BCUT2D eigenvalue weighted by atomic mass is 16.9. The second-order valence-electron chi connectivity index (χ2n) is 2.58. The molecule has 84 valence electrons. The highest BCUT2D eigenvalue weighted by Gasteiger charge is 2.06. The maximum atomic E-state index is 8.62. The fourth-order valence-electron chi connectivity index (χ4n) is 0.900. The standard InChI is InChI=1S/C9H14N2O4/c12-5-7-14-11(15-8-6-13)9-1-3-10-4-2-9/h1-4,12-13H,5-8H2. The number of aromatic nitrogens is 1. The van der Waals surface area contributed by atoms with E-state index in [1.165, 1.54) is 0 Å². The van der Waals surface area contributed by atoms with Crippen LogP contribution in [0.25, 0.3) is 0 Å². The summed E-state index contributed by atoms with van der Waals surface area (Å²) in [4.78, 5) is 14.1. The molecule has 1 rings (SSSR count). The monoisotopic (exact) mass is 214 g/mol. The molecule has 1 aromatic rings. The molecule has 6 heteroatoms. The number of rotatable bonds is 7. The number of hydrogen-bond donors (Lipinski definition) is 2. The molecule has 0 radical (unpaired) electrons. The summed E-state index contributed by atoms with van der Waals surface area (Å²) in [6, 6.07) is 3.38. The molecular formula is C9H14N2O4. The van der Waals surface area contributed by atoms with Crippen LogP contribution in [-0.4, -0.2) is 41.6 Å². The van der Waals surface area contributed by atoms with Gasteiger partial charge in [0.25, 0.3) is 0 Å². The van der Waals surface area contributed by atoms with Gasteiger partial charge >= 0.3 is 0 Å². The first kappa shape index (κ1) is 11.9. The molecule has 0 saturated carbocycles. The van der Waals surface area contributed by atoms with Gasteiger partial charge in [-0.2, -0.15) is 0 Å². The van der Waals surface area contributed by atoms with Crippen LogP contribution in [0.4, 0.5) is 5.69 Å². The Kier molecular flexibility index (Phi) is 5.64. The van der Waals surface area contributed by atoms with Crippen LogP contribution < -0.4 is 5.23 Å². The van der Waals surface area contributed by atoms with E-state index in [4.69, 9.17) is 19.9 Å². The van der Waals surface area contributed by atoms with Crippen LogP contribution in [-0.2, 0) is 9.68 Å². The molecule has 0 amide bonds. The van der Waals surface area contributed by atoms with Gasteiger partial charge in [-0.1, -0.05) is 0 Å². The van der Waals surface area contributed by atoms with Gasteiger partial charge in [0.15, 0.2) is 0 Å². The minimum absolute atomic E-state index is 0.107. The van der Waals surface area contributed by atoms with Gasteiger partial charge in [-0.3, -0.25) is 4.98 Å². The molecule has 15 heavy (non-hydrogen) atoms. The smallest absolute Gasteiger partial charge is 0.101 e. The summed E-state index contributed by atoms with van der Waals surface area (Å²) < 4.78 is 0. The summed E-state index contributed by atoms with van der Waals surface area (Å²) >= 11 is 0. The lowest BCUT2D eigenvalue weighted by Crippen LogP contribution is -2.27. The van der Waals surface area contributed by atoms with Crippen LogP contribution in [0.2, 0.25) is 0 Å².